The van der Waals surface area contributed by atoms with Gasteiger partial charge in [-0.25, -0.2) is 0 Å². The molecular formula is C17H14Br2N4OS. The molecule has 0 radical (unpaired) electrons. The zero-order valence-corrected chi connectivity index (χ0v) is 17.3. The van der Waals surface area contributed by atoms with Gasteiger partial charge >= 0.3 is 0 Å². The summed E-state index contributed by atoms with van der Waals surface area (Å²) in [6, 6.07) is 15.9. The lowest BCUT2D eigenvalue weighted by atomic mass is 10.1. The van der Waals surface area contributed by atoms with Crippen LogP contribution in [0.2, 0.25) is 0 Å². The third kappa shape index (κ3) is 3.51. The molecule has 8 heteroatoms. The number of thioether (sulfide) groups is 1. The Morgan fingerprint density at radius 2 is 1.84 bits per heavy atom. The average molecular weight is 482 g/mol. The van der Waals surface area contributed by atoms with Crippen molar-refractivity contribution >= 4 is 50.4 Å². The lowest BCUT2D eigenvalue weighted by molar-refractivity contribution is 0.416. The first kappa shape index (κ1) is 18.2. The number of aromatic nitrogens is 3. The van der Waals surface area contributed by atoms with Crippen LogP contribution in [0, 0.1) is 0 Å². The Morgan fingerprint density at radius 3 is 2.60 bits per heavy atom. The second kappa shape index (κ2) is 7.72. The fourth-order valence-electron chi connectivity index (χ4n) is 2.51. The Balaban J connectivity index is 0.00000182. The van der Waals surface area contributed by atoms with Gasteiger partial charge in [0.15, 0.2) is 5.82 Å². The van der Waals surface area contributed by atoms with Crippen LogP contribution in [0.5, 0.6) is 5.75 Å². The van der Waals surface area contributed by atoms with E-state index in [1.54, 1.807) is 23.5 Å². The van der Waals surface area contributed by atoms with Gasteiger partial charge in [-0.05, 0) is 29.8 Å². The zero-order valence-electron chi connectivity index (χ0n) is 13.2. The molecule has 0 aliphatic carbocycles. The van der Waals surface area contributed by atoms with Crippen molar-refractivity contribution in [3.05, 3.63) is 58.6 Å². The molecule has 1 aromatic heterocycles. The van der Waals surface area contributed by atoms with Crippen LogP contribution in [-0.2, 0) is 0 Å². The summed E-state index contributed by atoms with van der Waals surface area (Å²) in [5.41, 5.74) is 2.96. The van der Waals surface area contributed by atoms with Gasteiger partial charge in [-0.3, -0.25) is 0 Å². The first-order chi connectivity index (χ1) is 11.8. The summed E-state index contributed by atoms with van der Waals surface area (Å²) < 4.78 is 8.29. The van der Waals surface area contributed by atoms with Crippen LogP contribution in [0.1, 0.15) is 5.56 Å². The molecular weight excluding hydrogens is 468 g/mol. The van der Waals surface area contributed by atoms with E-state index < -0.39 is 0 Å². The maximum absolute atomic E-state index is 5.44. The minimum absolute atomic E-state index is 0. The van der Waals surface area contributed by atoms with Crippen LogP contribution >= 0.6 is 44.7 Å². The van der Waals surface area contributed by atoms with Gasteiger partial charge in [-0.15, -0.1) is 27.2 Å². The van der Waals surface area contributed by atoms with Crippen LogP contribution in [-0.4, -0.2) is 33.4 Å². The molecule has 128 valence electrons. The number of rotatable bonds is 3. The fourth-order valence-corrected chi connectivity index (χ4v) is 3.61. The normalized spacial score (nSPS) is 12.8. The molecule has 3 aromatic rings. The molecule has 0 spiro atoms. The van der Waals surface area contributed by atoms with Crippen LogP contribution in [0.3, 0.4) is 0 Å². The number of para-hydroxylation sites is 1. The first-order valence-corrected chi connectivity index (χ1v) is 9.09. The summed E-state index contributed by atoms with van der Waals surface area (Å²) in [7, 11) is 1.65. The predicted octanol–water partition coefficient (Wildman–Crippen LogP) is 4.65. The Hall–Kier alpha value is -1.64. The van der Waals surface area contributed by atoms with Crippen LogP contribution in [0.15, 0.2) is 63.3 Å². The number of hydrogen-bond acceptors (Lipinski definition) is 5. The fraction of sp³-hybridized carbons (Fsp3) is 0.118. The van der Waals surface area contributed by atoms with Gasteiger partial charge in [-0.1, -0.05) is 52.0 Å². The van der Waals surface area contributed by atoms with E-state index in [1.165, 1.54) is 0 Å². The van der Waals surface area contributed by atoms with E-state index in [9.17, 15) is 0 Å². The SMILES string of the molecule is Br.COc1ccccc1-c1nnc2n1N=C(c1ccc(Br)cc1)CS2. The van der Waals surface area contributed by atoms with Gasteiger partial charge in [0.25, 0.3) is 0 Å². The van der Waals surface area contributed by atoms with Gasteiger partial charge in [0.05, 0.1) is 18.4 Å². The Kier molecular flexibility index (Phi) is 5.61. The molecule has 25 heavy (non-hydrogen) atoms. The number of halogens is 2. The molecule has 0 unspecified atom stereocenters. The summed E-state index contributed by atoms with van der Waals surface area (Å²) >= 11 is 5.09. The van der Waals surface area contributed by atoms with Crippen LogP contribution in [0.4, 0.5) is 0 Å². The number of benzene rings is 2. The molecule has 1 aliphatic rings. The molecule has 0 saturated carbocycles. The van der Waals surface area contributed by atoms with E-state index >= 15 is 0 Å². The van der Waals surface area contributed by atoms with Gasteiger partial charge in [0.2, 0.25) is 5.16 Å². The lowest BCUT2D eigenvalue weighted by Gasteiger charge is -2.14. The van der Waals surface area contributed by atoms with Crippen molar-refractivity contribution < 1.29 is 4.74 Å². The smallest absolute Gasteiger partial charge is 0.212 e. The molecule has 0 bridgehead atoms. The number of fused-ring (bicyclic) bond motifs is 1. The van der Waals surface area contributed by atoms with Gasteiger partial charge in [-0.2, -0.15) is 9.78 Å². The largest absolute Gasteiger partial charge is 0.496 e. The van der Waals surface area contributed by atoms with Crippen molar-refractivity contribution in [1.82, 2.24) is 14.9 Å². The molecule has 5 nitrogen and oxygen atoms in total. The summed E-state index contributed by atoms with van der Waals surface area (Å²) in [4.78, 5) is 0. The molecule has 4 rings (SSSR count). The number of ether oxygens (including phenoxy) is 1. The summed E-state index contributed by atoms with van der Waals surface area (Å²) in [6.07, 6.45) is 0. The molecule has 0 amide bonds. The van der Waals surface area contributed by atoms with E-state index in [4.69, 9.17) is 9.84 Å². The monoisotopic (exact) mass is 480 g/mol. The van der Waals surface area contributed by atoms with Crippen molar-refractivity contribution in [2.24, 2.45) is 5.10 Å². The Morgan fingerprint density at radius 1 is 1.08 bits per heavy atom. The number of nitrogens with zero attached hydrogens (tertiary/aromatic N) is 4. The lowest BCUT2D eigenvalue weighted by Crippen LogP contribution is -2.13. The highest BCUT2D eigenvalue weighted by molar-refractivity contribution is 9.10. The maximum Gasteiger partial charge on any atom is 0.212 e. The molecule has 0 atom stereocenters. The van der Waals surface area contributed by atoms with E-state index in [-0.39, 0.29) is 17.0 Å². The van der Waals surface area contributed by atoms with E-state index in [0.29, 0.717) is 5.82 Å². The molecule has 1 aliphatic heterocycles. The number of hydrogen-bond donors (Lipinski definition) is 0. The van der Waals surface area contributed by atoms with E-state index in [0.717, 1.165) is 38.0 Å². The summed E-state index contributed by atoms with van der Waals surface area (Å²) in [6.45, 7) is 0. The predicted molar refractivity (Wildman–Crippen MR) is 109 cm³/mol. The molecule has 2 aromatic carbocycles. The maximum atomic E-state index is 5.44. The minimum atomic E-state index is 0. The second-order valence-electron chi connectivity index (χ2n) is 5.16. The Bertz CT molecular complexity index is 925. The third-order valence-corrected chi connectivity index (χ3v) is 5.16. The van der Waals surface area contributed by atoms with Crippen molar-refractivity contribution in [3.63, 3.8) is 0 Å². The minimum Gasteiger partial charge on any atom is -0.496 e. The van der Waals surface area contributed by atoms with Gasteiger partial charge < -0.3 is 4.74 Å². The second-order valence-corrected chi connectivity index (χ2v) is 7.02. The van der Waals surface area contributed by atoms with Crippen molar-refractivity contribution in [2.75, 3.05) is 12.9 Å². The summed E-state index contributed by atoms with van der Waals surface area (Å²) in [5.74, 6) is 2.21. The Labute approximate surface area is 168 Å². The third-order valence-electron chi connectivity index (χ3n) is 3.70. The molecule has 0 fully saturated rings. The van der Waals surface area contributed by atoms with Gasteiger partial charge in [0.1, 0.15) is 5.75 Å². The summed E-state index contributed by atoms with van der Waals surface area (Å²) in [5, 5.41) is 14.1. The van der Waals surface area contributed by atoms with Crippen LogP contribution < -0.4 is 4.74 Å². The standard InChI is InChI=1S/C17H13BrN4OS.BrH/c1-23-15-5-3-2-4-13(15)16-19-20-17-22(16)21-14(10-24-17)11-6-8-12(18)9-7-11;/h2-9H,10H2,1H3;1H. The number of methoxy groups -OCH3 is 1. The highest BCUT2D eigenvalue weighted by Gasteiger charge is 2.22. The average Bonchev–Trinajstić information content (AvgIpc) is 3.05. The van der Waals surface area contributed by atoms with Crippen molar-refractivity contribution in [1.29, 1.82) is 0 Å². The van der Waals surface area contributed by atoms with Crippen molar-refractivity contribution in [2.45, 2.75) is 5.16 Å². The van der Waals surface area contributed by atoms with Crippen molar-refractivity contribution in [3.8, 4) is 17.1 Å². The quantitative estimate of drug-likeness (QED) is 0.546. The highest BCUT2D eigenvalue weighted by Crippen LogP contribution is 2.33. The molecule has 2 heterocycles. The first-order valence-electron chi connectivity index (χ1n) is 7.31. The molecule has 0 N–H and O–H groups in total. The zero-order chi connectivity index (χ0) is 16.5. The van der Waals surface area contributed by atoms with E-state index in [2.05, 4.69) is 38.3 Å². The highest BCUT2D eigenvalue weighted by atomic mass is 79.9. The molecule has 0 saturated heterocycles. The topological polar surface area (TPSA) is 52.3 Å². The van der Waals surface area contributed by atoms with Crippen LogP contribution in [0.25, 0.3) is 11.4 Å². The van der Waals surface area contributed by atoms with Gasteiger partial charge in [0, 0.05) is 10.2 Å². The van der Waals surface area contributed by atoms with E-state index in [1.807, 2.05) is 36.4 Å².